The van der Waals surface area contributed by atoms with Gasteiger partial charge >= 0.3 is 5.97 Å². The number of nitrogens with one attached hydrogen (secondary N) is 2. The maximum atomic E-state index is 12.3. The molecular formula is C19H18N2O3. The van der Waals surface area contributed by atoms with Gasteiger partial charge in [-0.25, -0.2) is 4.79 Å². The second-order valence-corrected chi connectivity index (χ2v) is 5.73. The molecule has 1 aromatic heterocycles. The van der Waals surface area contributed by atoms with E-state index in [1.54, 1.807) is 30.3 Å². The van der Waals surface area contributed by atoms with Gasteiger partial charge in [-0.15, -0.1) is 0 Å². The molecule has 0 bridgehead atoms. The normalized spacial score (nSPS) is 10.6. The van der Waals surface area contributed by atoms with Crippen molar-refractivity contribution >= 4 is 28.5 Å². The lowest BCUT2D eigenvalue weighted by atomic mass is 10.1. The molecule has 2 N–H and O–H groups in total. The number of aryl methyl sites for hydroxylation is 2. The van der Waals surface area contributed by atoms with Gasteiger partial charge in [-0.1, -0.05) is 0 Å². The SMILES string of the molecule is CC(=O)Nc1ccc(OC(=O)c2ccc3[nH]c(C)c(C)c3c2)cc1. The zero-order chi connectivity index (χ0) is 17.3. The second kappa shape index (κ2) is 6.20. The summed E-state index contributed by atoms with van der Waals surface area (Å²) in [7, 11) is 0. The molecule has 0 saturated heterocycles. The van der Waals surface area contributed by atoms with Crippen molar-refractivity contribution in [1.82, 2.24) is 4.98 Å². The Morgan fingerprint density at radius 2 is 1.75 bits per heavy atom. The van der Waals surface area contributed by atoms with Crippen LogP contribution in [0.25, 0.3) is 10.9 Å². The lowest BCUT2D eigenvalue weighted by Crippen LogP contribution is -2.09. The van der Waals surface area contributed by atoms with Crippen molar-refractivity contribution in [3.8, 4) is 5.75 Å². The molecule has 24 heavy (non-hydrogen) atoms. The molecule has 0 unspecified atom stereocenters. The first-order valence-electron chi connectivity index (χ1n) is 7.63. The number of anilines is 1. The summed E-state index contributed by atoms with van der Waals surface area (Å²) in [5, 5.41) is 3.68. The van der Waals surface area contributed by atoms with Crippen LogP contribution in [0.15, 0.2) is 42.5 Å². The van der Waals surface area contributed by atoms with Gasteiger partial charge in [0.05, 0.1) is 5.56 Å². The molecule has 1 amide bonds. The first-order valence-corrected chi connectivity index (χ1v) is 7.63. The lowest BCUT2D eigenvalue weighted by molar-refractivity contribution is -0.114. The van der Waals surface area contributed by atoms with Gasteiger partial charge in [0.1, 0.15) is 5.75 Å². The molecule has 3 aromatic rings. The standard InChI is InChI=1S/C19H18N2O3/c1-11-12(2)20-18-9-4-14(10-17(11)18)19(23)24-16-7-5-15(6-8-16)21-13(3)22/h4-10,20H,1-3H3,(H,21,22). The van der Waals surface area contributed by atoms with Gasteiger partial charge in [0.25, 0.3) is 0 Å². The van der Waals surface area contributed by atoms with Crippen LogP contribution in [-0.2, 0) is 4.79 Å². The molecule has 0 saturated carbocycles. The summed E-state index contributed by atoms with van der Waals surface area (Å²) < 4.78 is 5.39. The number of hydrogen-bond donors (Lipinski definition) is 2. The van der Waals surface area contributed by atoms with E-state index in [-0.39, 0.29) is 5.91 Å². The molecule has 0 aliphatic carbocycles. The summed E-state index contributed by atoms with van der Waals surface area (Å²) >= 11 is 0. The fraction of sp³-hybridized carbons (Fsp3) is 0.158. The topological polar surface area (TPSA) is 71.2 Å². The highest BCUT2D eigenvalue weighted by Crippen LogP contribution is 2.23. The average Bonchev–Trinajstić information content (AvgIpc) is 2.83. The molecule has 1 heterocycles. The first kappa shape index (κ1) is 15.8. The van der Waals surface area contributed by atoms with Gasteiger partial charge in [-0.2, -0.15) is 0 Å². The van der Waals surface area contributed by atoms with E-state index in [9.17, 15) is 9.59 Å². The number of H-pyrrole nitrogens is 1. The van der Waals surface area contributed by atoms with E-state index in [0.29, 0.717) is 17.0 Å². The van der Waals surface area contributed by atoms with Crippen molar-refractivity contribution < 1.29 is 14.3 Å². The van der Waals surface area contributed by atoms with Crippen molar-refractivity contribution in [3.63, 3.8) is 0 Å². The number of aromatic amines is 1. The number of carbonyl (C=O) groups excluding carboxylic acids is 2. The van der Waals surface area contributed by atoms with Crippen LogP contribution in [0.5, 0.6) is 5.75 Å². The molecular weight excluding hydrogens is 304 g/mol. The fourth-order valence-electron chi connectivity index (χ4n) is 2.56. The van der Waals surface area contributed by atoms with Crippen LogP contribution < -0.4 is 10.1 Å². The molecule has 5 heteroatoms. The van der Waals surface area contributed by atoms with Crippen molar-refractivity contribution in [2.24, 2.45) is 0 Å². The van der Waals surface area contributed by atoms with Crippen LogP contribution in [-0.4, -0.2) is 16.9 Å². The number of hydrogen-bond acceptors (Lipinski definition) is 3. The summed E-state index contributed by atoms with van der Waals surface area (Å²) in [6.07, 6.45) is 0. The third-order valence-corrected chi connectivity index (χ3v) is 3.93. The number of ether oxygens (including phenoxy) is 1. The molecule has 0 fully saturated rings. The number of esters is 1. The van der Waals surface area contributed by atoms with Crippen LogP contribution in [0.2, 0.25) is 0 Å². The first-order chi connectivity index (χ1) is 11.4. The summed E-state index contributed by atoms with van der Waals surface area (Å²) in [5.41, 5.74) is 4.36. The van der Waals surface area contributed by atoms with Gasteiger partial charge in [-0.3, -0.25) is 4.79 Å². The number of aromatic nitrogens is 1. The Kier molecular flexibility index (Phi) is 4.08. The molecule has 5 nitrogen and oxygen atoms in total. The minimum absolute atomic E-state index is 0.148. The Morgan fingerprint density at radius 1 is 1.04 bits per heavy atom. The van der Waals surface area contributed by atoms with Crippen molar-refractivity contribution in [1.29, 1.82) is 0 Å². The smallest absolute Gasteiger partial charge is 0.343 e. The number of carbonyl (C=O) groups is 2. The van der Waals surface area contributed by atoms with E-state index in [1.165, 1.54) is 6.92 Å². The summed E-state index contributed by atoms with van der Waals surface area (Å²) in [4.78, 5) is 26.6. The predicted octanol–water partition coefficient (Wildman–Crippen LogP) is 3.96. The summed E-state index contributed by atoms with van der Waals surface area (Å²) in [6.45, 7) is 5.46. The predicted molar refractivity (Wildman–Crippen MR) is 93.5 cm³/mol. The van der Waals surface area contributed by atoms with Gasteiger partial charge in [-0.05, 0) is 61.9 Å². The lowest BCUT2D eigenvalue weighted by Gasteiger charge is -2.06. The molecule has 0 aliphatic rings. The zero-order valence-electron chi connectivity index (χ0n) is 13.8. The second-order valence-electron chi connectivity index (χ2n) is 5.73. The summed E-state index contributed by atoms with van der Waals surface area (Å²) in [6, 6.07) is 12.1. The Hall–Kier alpha value is -3.08. The van der Waals surface area contributed by atoms with E-state index < -0.39 is 5.97 Å². The molecule has 0 aliphatic heterocycles. The van der Waals surface area contributed by atoms with E-state index in [1.807, 2.05) is 26.0 Å². The van der Waals surface area contributed by atoms with Gasteiger partial charge < -0.3 is 15.0 Å². The van der Waals surface area contributed by atoms with Crippen molar-refractivity contribution in [3.05, 3.63) is 59.3 Å². The maximum Gasteiger partial charge on any atom is 0.343 e. The quantitative estimate of drug-likeness (QED) is 0.566. The van der Waals surface area contributed by atoms with E-state index in [2.05, 4.69) is 10.3 Å². The highest BCUT2D eigenvalue weighted by molar-refractivity contribution is 5.97. The van der Waals surface area contributed by atoms with Crippen LogP contribution >= 0.6 is 0 Å². The molecule has 3 rings (SSSR count). The Balaban J connectivity index is 1.79. The monoisotopic (exact) mass is 322 g/mol. The average molecular weight is 322 g/mol. The van der Waals surface area contributed by atoms with Gasteiger partial charge in [0.2, 0.25) is 5.91 Å². The summed E-state index contributed by atoms with van der Waals surface area (Å²) in [5.74, 6) is -0.135. The highest BCUT2D eigenvalue weighted by Gasteiger charge is 2.12. The molecule has 2 aromatic carbocycles. The molecule has 0 atom stereocenters. The Labute approximate surface area is 139 Å². The van der Waals surface area contributed by atoms with Crippen LogP contribution in [0, 0.1) is 13.8 Å². The van der Waals surface area contributed by atoms with Gasteiger partial charge in [0, 0.05) is 29.2 Å². The largest absolute Gasteiger partial charge is 0.423 e. The Morgan fingerprint density at radius 3 is 2.42 bits per heavy atom. The minimum Gasteiger partial charge on any atom is -0.423 e. The number of fused-ring (bicyclic) bond motifs is 1. The number of benzene rings is 2. The number of amides is 1. The van der Waals surface area contributed by atoms with E-state index in [0.717, 1.165) is 22.2 Å². The van der Waals surface area contributed by atoms with E-state index >= 15 is 0 Å². The Bertz CT molecular complexity index is 924. The molecule has 0 radical (unpaired) electrons. The van der Waals surface area contributed by atoms with E-state index in [4.69, 9.17) is 4.74 Å². The zero-order valence-corrected chi connectivity index (χ0v) is 13.8. The van der Waals surface area contributed by atoms with Crippen molar-refractivity contribution in [2.45, 2.75) is 20.8 Å². The van der Waals surface area contributed by atoms with Crippen LogP contribution in [0.3, 0.4) is 0 Å². The van der Waals surface area contributed by atoms with Crippen LogP contribution in [0.4, 0.5) is 5.69 Å². The third kappa shape index (κ3) is 3.15. The number of rotatable bonds is 3. The molecule has 122 valence electrons. The van der Waals surface area contributed by atoms with Crippen LogP contribution in [0.1, 0.15) is 28.5 Å². The minimum atomic E-state index is -0.414. The third-order valence-electron chi connectivity index (χ3n) is 3.93. The van der Waals surface area contributed by atoms with Gasteiger partial charge in [0.15, 0.2) is 0 Å². The highest BCUT2D eigenvalue weighted by atomic mass is 16.5. The maximum absolute atomic E-state index is 12.3. The molecule has 0 spiro atoms. The fourth-order valence-corrected chi connectivity index (χ4v) is 2.56. The van der Waals surface area contributed by atoms with Crippen molar-refractivity contribution in [2.75, 3.05) is 5.32 Å².